The summed E-state index contributed by atoms with van der Waals surface area (Å²) in [7, 11) is 0. The Morgan fingerprint density at radius 3 is 2.05 bits per heavy atom. The Labute approximate surface area is 219 Å². The van der Waals surface area contributed by atoms with Gasteiger partial charge in [0.25, 0.3) is 5.95 Å². The highest BCUT2D eigenvalue weighted by molar-refractivity contribution is 5.87. The van der Waals surface area contributed by atoms with Gasteiger partial charge < -0.3 is 19.7 Å². The van der Waals surface area contributed by atoms with Gasteiger partial charge in [-0.1, -0.05) is 12.0 Å². The molecular weight excluding hydrogens is 563 g/mol. The van der Waals surface area contributed by atoms with E-state index in [9.17, 15) is 49.4 Å². The molecule has 0 bridgehead atoms. The predicted molar refractivity (Wildman–Crippen MR) is 118 cm³/mol. The van der Waals surface area contributed by atoms with Gasteiger partial charge in [0.1, 0.15) is 6.09 Å². The number of nitrogens with one attached hydrogen (secondary N) is 1. The van der Waals surface area contributed by atoms with Crippen molar-refractivity contribution in [3.05, 3.63) is 64.2 Å². The lowest BCUT2D eigenvalue weighted by molar-refractivity contribution is -0.247. The number of carbonyl (C=O) groups is 1. The summed E-state index contributed by atoms with van der Waals surface area (Å²) in [6, 6.07) is 1.04. The molecule has 1 amide bonds. The summed E-state index contributed by atoms with van der Waals surface area (Å²) >= 11 is 0. The van der Waals surface area contributed by atoms with Crippen LogP contribution in [0.2, 0.25) is 0 Å². The number of amides is 1. The third-order valence-electron chi connectivity index (χ3n) is 6.47. The number of hydrogen-bond acceptors (Lipinski definition) is 6. The molecular formula is C23H18F9N6O2-. The van der Waals surface area contributed by atoms with Gasteiger partial charge in [-0.15, -0.1) is 5.10 Å². The number of aromatic nitrogens is 4. The molecule has 1 N–H and O–H groups in total. The third kappa shape index (κ3) is 5.77. The molecule has 0 fully saturated rings. The number of halogens is 9. The number of hydrogen-bond donors (Lipinski definition) is 1. The lowest BCUT2D eigenvalue weighted by Gasteiger charge is -2.45. The topological polar surface area (TPSA) is 101 Å². The number of aromatic amines is 1. The predicted octanol–water partition coefficient (Wildman–Crippen LogP) is 5.34. The maximum atomic E-state index is 13.6. The van der Waals surface area contributed by atoms with E-state index < -0.39 is 65.5 Å². The van der Waals surface area contributed by atoms with Crippen molar-refractivity contribution >= 4 is 17.7 Å². The Morgan fingerprint density at radius 2 is 1.57 bits per heavy atom. The summed E-state index contributed by atoms with van der Waals surface area (Å²) in [6.07, 6.45) is -16.9. The van der Waals surface area contributed by atoms with Crippen LogP contribution in [-0.4, -0.2) is 32.8 Å². The lowest BCUT2D eigenvalue weighted by atomic mass is 9.87. The molecule has 1 aliphatic rings. The molecule has 1 aromatic heterocycles. The van der Waals surface area contributed by atoms with Crippen LogP contribution in [0.15, 0.2) is 36.4 Å². The minimum atomic E-state index is -5.14. The Balaban J connectivity index is 1.91. The van der Waals surface area contributed by atoms with Crippen LogP contribution in [-0.2, 0) is 25.1 Å². The van der Waals surface area contributed by atoms with Crippen LogP contribution in [0.5, 0.6) is 0 Å². The van der Waals surface area contributed by atoms with Crippen molar-refractivity contribution in [3.8, 4) is 0 Å². The summed E-state index contributed by atoms with van der Waals surface area (Å²) in [5.41, 5.74) is -5.26. The normalized spacial score (nSPS) is 18.0. The summed E-state index contributed by atoms with van der Waals surface area (Å²) in [6.45, 7) is 0.864. The standard InChI is InChI=1S/C23H19F9N6O2/c1-2-15-9-18(16-8-12(21(24,25)26)3-4-17(16)38(15)20(39)40)37(19-33-35-36-34-19)10-11-5-13(22(27,28)29)7-14(6-11)23(30,31)32/h3-8,15,18H,2,9-10H2,1H3,(H,39,40)(H,33,34,35,36)/p-1. The van der Waals surface area contributed by atoms with Crippen LogP contribution in [0.4, 0.5) is 55.9 Å². The SMILES string of the molecule is CCC1CC(N(Cc2cc(C(F)(F)F)cc(C(F)(F)F)c2)c2nn[nH]n2)c2cc(C(F)(F)F)ccc2N1C(=O)[O-]. The van der Waals surface area contributed by atoms with Crippen molar-refractivity contribution in [1.82, 2.24) is 20.6 Å². The van der Waals surface area contributed by atoms with E-state index in [4.69, 9.17) is 0 Å². The van der Waals surface area contributed by atoms with Crippen LogP contribution < -0.4 is 14.9 Å². The second kappa shape index (κ2) is 10.2. The summed E-state index contributed by atoms with van der Waals surface area (Å²) < 4.78 is 122. The Bertz CT molecular complexity index is 1340. The van der Waals surface area contributed by atoms with Crippen molar-refractivity contribution in [2.45, 2.75) is 56.9 Å². The van der Waals surface area contributed by atoms with E-state index in [0.29, 0.717) is 24.3 Å². The zero-order valence-electron chi connectivity index (χ0n) is 20.2. The molecule has 0 saturated carbocycles. The number of fused-ring (bicyclic) bond motifs is 1. The second-order valence-electron chi connectivity index (χ2n) is 8.97. The molecule has 0 aliphatic carbocycles. The first-order chi connectivity index (χ1) is 18.5. The molecule has 0 radical (unpaired) electrons. The highest BCUT2D eigenvalue weighted by Crippen LogP contribution is 2.45. The van der Waals surface area contributed by atoms with Gasteiger partial charge in [0, 0.05) is 18.3 Å². The molecule has 216 valence electrons. The smallest absolute Gasteiger partial charge is 0.416 e. The lowest BCUT2D eigenvalue weighted by Crippen LogP contribution is -2.52. The number of benzene rings is 2. The highest BCUT2D eigenvalue weighted by atomic mass is 19.4. The molecule has 2 aromatic carbocycles. The molecule has 4 rings (SSSR count). The summed E-state index contributed by atoms with van der Waals surface area (Å²) in [4.78, 5) is 13.8. The average Bonchev–Trinajstić information content (AvgIpc) is 3.39. The van der Waals surface area contributed by atoms with Gasteiger partial charge in [0.05, 0.1) is 22.7 Å². The van der Waals surface area contributed by atoms with E-state index >= 15 is 0 Å². The van der Waals surface area contributed by atoms with Crippen LogP contribution in [0, 0.1) is 0 Å². The van der Waals surface area contributed by atoms with Gasteiger partial charge >= 0.3 is 18.5 Å². The minimum Gasteiger partial charge on any atom is -0.530 e. The molecule has 8 nitrogen and oxygen atoms in total. The van der Waals surface area contributed by atoms with Gasteiger partial charge in [-0.05, 0) is 65.6 Å². The van der Waals surface area contributed by atoms with Gasteiger partial charge in [0.2, 0.25) is 0 Å². The number of tetrazole rings is 1. The quantitative estimate of drug-likeness (QED) is 0.409. The van der Waals surface area contributed by atoms with Gasteiger partial charge in [-0.25, -0.2) is 0 Å². The fourth-order valence-corrected chi connectivity index (χ4v) is 4.70. The van der Waals surface area contributed by atoms with E-state index in [1.54, 1.807) is 6.92 Å². The van der Waals surface area contributed by atoms with Crippen LogP contribution in [0.1, 0.15) is 53.6 Å². The summed E-state index contributed by atoms with van der Waals surface area (Å²) in [5, 5.41) is 24.9. The maximum Gasteiger partial charge on any atom is 0.416 e. The van der Waals surface area contributed by atoms with E-state index in [-0.39, 0.29) is 36.1 Å². The molecule has 3 aromatic rings. The first-order valence-corrected chi connectivity index (χ1v) is 11.5. The van der Waals surface area contributed by atoms with E-state index in [1.807, 2.05) is 0 Å². The van der Waals surface area contributed by atoms with Gasteiger partial charge in [-0.2, -0.15) is 44.7 Å². The van der Waals surface area contributed by atoms with Crippen molar-refractivity contribution < 1.29 is 49.4 Å². The van der Waals surface area contributed by atoms with Crippen molar-refractivity contribution in [1.29, 1.82) is 0 Å². The fourth-order valence-electron chi connectivity index (χ4n) is 4.70. The number of H-pyrrole nitrogens is 1. The van der Waals surface area contributed by atoms with Crippen molar-refractivity contribution in [2.24, 2.45) is 0 Å². The number of alkyl halides is 9. The number of anilines is 2. The molecule has 40 heavy (non-hydrogen) atoms. The average molecular weight is 581 g/mol. The fraction of sp³-hybridized carbons (Fsp3) is 0.391. The number of carboxylic acid groups (broad SMARTS) is 1. The first-order valence-electron chi connectivity index (χ1n) is 11.5. The highest BCUT2D eigenvalue weighted by Gasteiger charge is 2.41. The van der Waals surface area contributed by atoms with Gasteiger partial charge in [-0.3, -0.25) is 0 Å². The van der Waals surface area contributed by atoms with E-state index in [2.05, 4.69) is 20.6 Å². The largest absolute Gasteiger partial charge is 0.530 e. The van der Waals surface area contributed by atoms with Gasteiger partial charge in [0.15, 0.2) is 0 Å². The minimum absolute atomic E-state index is 0.0570. The molecule has 2 heterocycles. The Hall–Kier alpha value is -4.05. The molecule has 0 saturated heterocycles. The number of carbonyl (C=O) groups excluding carboxylic acids is 1. The first kappa shape index (κ1) is 28.9. The van der Waals surface area contributed by atoms with Crippen LogP contribution in [0.3, 0.4) is 0 Å². The summed E-state index contributed by atoms with van der Waals surface area (Å²) in [5.74, 6) is -0.351. The number of nitrogens with zero attached hydrogens (tertiary/aromatic N) is 5. The van der Waals surface area contributed by atoms with Crippen LogP contribution >= 0.6 is 0 Å². The van der Waals surface area contributed by atoms with Crippen LogP contribution in [0.25, 0.3) is 0 Å². The molecule has 2 unspecified atom stereocenters. The molecule has 1 aliphatic heterocycles. The zero-order chi connectivity index (χ0) is 29.6. The van der Waals surface area contributed by atoms with E-state index in [0.717, 1.165) is 15.9 Å². The second-order valence-corrected chi connectivity index (χ2v) is 8.97. The number of rotatable bonds is 5. The third-order valence-corrected chi connectivity index (χ3v) is 6.47. The van der Waals surface area contributed by atoms with E-state index in [1.165, 1.54) is 0 Å². The van der Waals surface area contributed by atoms with Crippen molar-refractivity contribution in [3.63, 3.8) is 0 Å². The maximum absolute atomic E-state index is 13.6. The Kier molecular flexibility index (Phi) is 7.36. The Morgan fingerprint density at radius 1 is 0.975 bits per heavy atom. The zero-order valence-corrected chi connectivity index (χ0v) is 20.2. The monoisotopic (exact) mass is 581 g/mol. The molecule has 0 spiro atoms. The molecule has 17 heteroatoms. The van der Waals surface area contributed by atoms with Crippen molar-refractivity contribution in [2.75, 3.05) is 9.80 Å². The molecule has 2 atom stereocenters.